The van der Waals surface area contributed by atoms with Crippen LogP contribution in [0.25, 0.3) is 0 Å². The molecule has 0 bridgehead atoms. The van der Waals surface area contributed by atoms with E-state index in [9.17, 15) is 4.79 Å². The third-order valence-corrected chi connectivity index (χ3v) is 2.13. The molecule has 0 aromatic rings. The maximum Gasteiger partial charge on any atom is 0.303 e. The minimum Gasteiger partial charge on any atom is -0.481 e. The Balaban J connectivity index is 3.61. The summed E-state index contributed by atoms with van der Waals surface area (Å²) in [4.78, 5) is 10.4. The Bertz CT molecular complexity index is 121. The van der Waals surface area contributed by atoms with Crippen molar-refractivity contribution < 1.29 is 9.90 Å². The van der Waals surface area contributed by atoms with Crippen LogP contribution in [-0.4, -0.2) is 11.1 Å². The van der Waals surface area contributed by atoms with Gasteiger partial charge in [0.1, 0.15) is 0 Å². The van der Waals surface area contributed by atoms with Gasteiger partial charge in [-0.05, 0) is 12.3 Å². The van der Waals surface area contributed by atoms with Crippen LogP contribution in [0.4, 0.5) is 0 Å². The highest BCUT2D eigenvalue weighted by atomic mass is 16.4. The van der Waals surface area contributed by atoms with Crippen molar-refractivity contribution >= 4 is 5.97 Å². The van der Waals surface area contributed by atoms with Crippen LogP contribution in [-0.2, 0) is 4.79 Å². The van der Waals surface area contributed by atoms with E-state index in [4.69, 9.17) is 5.11 Å². The Morgan fingerprint density at radius 3 is 2.33 bits per heavy atom. The number of hydrogen-bond donors (Lipinski definition) is 1. The van der Waals surface area contributed by atoms with Crippen LogP contribution < -0.4 is 0 Å². The second-order valence-electron chi connectivity index (χ2n) is 3.39. The van der Waals surface area contributed by atoms with Gasteiger partial charge in [-0.15, -0.1) is 0 Å². The maximum atomic E-state index is 10.4. The molecule has 0 unspecified atom stereocenters. The first-order chi connectivity index (χ1) is 5.70. The summed E-state index contributed by atoms with van der Waals surface area (Å²) in [5, 5.41) is 8.61. The molecule has 2 nitrogen and oxygen atoms in total. The van der Waals surface area contributed by atoms with Crippen molar-refractivity contribution in [1.82, 2.24) is 0 Å². The van der Waals surface area contributed by atoms with Gasteiger partial charge in [-0.25, -0.2) is 0 Å². The standard InChI is InChI=1S/C10H20O2/c1-3-5-7-9(6-4-2)8-10(11)12/h9H,3-8H2,1-2H3,(H,11,12)/t9-/m0/s1. The minimum absolute atomic E-state index is 0.355. The predicted molar refractivity (Wildman–Crippen MR) is 50.2 cm³/mol. The molecule has 0 aliphatic carbocycles. The molecule has 1 atom stereocenters. The summed E-state index contributed by atoms with van der Waals surface area (Å²) in [7, 11) is 0. The van der Waals surface area contributed by atoms with Crippen LogP contribution >= 0.6 is 0 Å². The summed E-state index contributed by atoms with van der Waals surface area (Å²) < 4.78 is 0. The zero-order chi connectivity index (χ0) is 9.40. The predicted octanol–water partition coefficient (Wildman–Crippen LogP) is 3.07. The normalized spacial score (nSPS) is 12.8. The Kier molecular flexibility index (Phi) is 6.82. The lowest BCUT2D eigenvalue weighted by atomic mass is 9.94. The van der Waals surface area contributed by atoms with Gasteiger partial charge in [0.15, 0.2) is 0 Å². The average Bonchev–Trinajstić information content (AvgIpc) is 2.00. The number of carboxylic acid groups (broad SMARTS) is 1. The smallest absolute Gasteiger partial charge is 0.303 e. The highest BCUT2D eigenvalue weighted by Crippen LogP contribution is 2.18. The second-order valence-corrected chi connectivity index (χ2v) is 3.39. The minimum atomic E-state index is -0.649. The number of aliphatic carboxylic acids is 1. The Labute approximate surface area is 75.0 Å². The molecule has 0 saturated carbocycles. The summed E-state index contributed by atoms with van der Waals surface area (Å²) in [6.07, 6.45) is 5.93. The quantitative estimate of drug-likeness (QED) is 0.640. The van der Waals surface area contributed by atoms with Crippen LogP contribution in [0.15, 0.2) is 0 Å². The third-order valence-electron chi connectivity index (χ3n) is 2.13. The molecule has 12 heavy (non-hydrogen) atoms. The van der Waals surface area contributed by atoms with Gasteiger partial charge in [0.05, 0.1) is 0 Å². The molecule has 0 aromatic heterocycles. The molecule has 0 aromatic carbocycles. The summed E-state index contributed by atoms with van der Waals surface area (Å²) in [6.45, 7) is 4.25. The van der Waals surface area contributed by atoms with E-state index in [0.717, 1.165) is 25.7 Å². The fourth-order valence-corrected chi connectivity index (χ4v) is 1.50. The molecule has 0 heterocycles. The number of unbranched alkanes of at least 4 members (excludes halogenated alkanes) is 1. The zero-order valence-corrected chi connectivity index (χ0v) is 8.18. The monoisotopic (exact) mass is 172 g/mol. The molecule has 0 aliphatic heterocycles. The molecule has 0 radical (unpaired) electrons. The van der Waals surface area contributed by atoms with Crippen molar-refractivity contribution in [2.24, 2.45) is 5.92 Å². The molecule has 1 N–H and O–H groups in total. The van der Waals surface area contributed by atoms with Gasteiger partial charge in [0, 0.05) is 6.42 Å². The Morgan fingerprint density at radius 1 is 1.25 bits per heavy atom. The molecule has 0 aliphatic rings. The molecule has 0 saturated heterocycles. The topological polar surface area (TPSA) is 37.3 Å². The lowest BCUT2D eigenvalue weighted by molar-refractivity contribution is -0.138. The fraction of sp³-hybridized carbons (Fsp3) is 0.900. The average molecular weight is 172 g/mol. The van der Waals surface area contributed by atoms with E-state index in [1.807, 2.05) is 0 Å². The van der Waals surface area contributed by atoms with Crippen molar-refractivity contribution in [1.29, 1.82) is 0 Å². The van der Waals surface area contributed by atoms with Crippen molar-refractivity contribution in [3.8, 4) is 0 Å². The van der Waals surface area contributed by atoms with Gasteiger partial charge in [-0.2, -0.15) is 0 Å². The molecule has 2 heteroatoms. The van der Waals surface area contributed by atoms with E-state index in [-0.39, 0.29) is 0 Å². The maximum absolute atomic E-state index is 10.4. The summed E-state index contributed by atoms with van der Waals surface area (Å²) in [6, 6.07) is 0. The first-order valence-electron chi connectivity index (χ1n) is 4.92. The molecule has 0 rings (SSSR count). The summed E-state index contributed by atoms with van der Waals surface area (Å²) >= 11 is 0. The van der Waals surface area contributed by atoms with Gasteiger partial charge in [-0.3, -0.25) is 4.79 Å². The molecule has 0 spiro atoms. The number of rotatable bonds is 7. The highest BCUT2D eigenvalue weighted by Gasteiger charge is 2.10. The van der Waals surface area contributed by atoms with Gasteiger partial charge < -0.3 is 5.11 Å². The number of carbonyl (C=O) groups is 1. The van der Waals surface area contributed by atoms with Crippen LogP contribution in [0.3, 0.4) is 0 Å². The fourth-order valence-electron chi connectivity index (χ4n) is 1.50. The van der Waals surface area contributed by atoms with Crippen molar-refractivity contribution in [2.45, 2.75) is 52.4 Å². The number of carboxylic acids is 1. The lowest BCUT2D eigenvalue weighted by Gasteiger charge is -2.12. The molecule has 0 fully saturated rings. The summed E-state index contributed by atoms with van der Waals surface area (Å²) in [5.41, 5.74) is 0. The van der Waals surface area contributed by atoms with E-state index in [0.29, 0.717) is 12.3 Å². The second kappa shape index (κ2) is 7.14. The van der Waals surface area contributed by atoms with Crippen LogP contribution in [0, 0.1) is 5.92 Å². The van der Waals surface area contributed by atoms with E-state index in [1.165, 1.54) is 6.42 Å². The lowest BCUT2D eigenvalue weighted by Crippen LogP contribution is -2.07. The molecular formula is C10H20O2. The summed E-state index contributed by atoms with van der Waals surface area (Å²) in [5.74, 6) is -0.239. The van der Waals surface area contributed by atoms with Crippen molar-refractivity contribution in [3.63, 3.8) is 0 Å². The van der Waals surface area contributed by atoms with E-state index in [1.54, 1.807) is 0 Å². The van der Waals surface area contributed by atoms with Crippen LogP contribution in [0.2, 0.25) is 0 Å². The Morgan fingerprint density at radius 2 is 1.92 bits per heavy atom. The van der Waals surface area contributed by atoms with Crippen molar-refractivity contribution in [2.75, 3.05) is 0 Å². The van der Waals surface area contributed by atoms with Gasteiger partial charge in [0.25, 0.3) is 0 Å². The van der Waals surface area contributed by atoms with E-state index >= 15 is 0 Å². The number of hydrogen-bond acceptors (Lipinski definition) is 1. The van der Waals surface area contributed by atoms with E-state index in [2.05, 4.69) is 13.8 Å². The zero-order valence-electron chi connectivity index (χ0n) is 8.18. The Hall–Kier alpha value is -0.530. The van der Waals surface area contributed by atoms with E-state index < -0.39 is 5.97 Å². The molecule has 0 amide bonds. The van der Waals surface area contributed by atoms with Gasteiger partial charge >= 0.3 is 5.97 Å². The SMILES string of the molecule is CCCC[C@H](CCC)CC(=O)O. The first kappa shape index (κ1) is 11.5. The van der Waals surface area contributed by atoms with Crippen molar-refractivity contribution in [3.05, 3.63) is 0 Å². The largest absolute Gasteiger partial charge is 0.481 e. The van der Waals surface area contributed by atoms with Gasteiger partial charge in [0.2, 0.25) is 0 Å². The van der Waals surface area contributed by atoms with Gasteiger partial charge in [-0.1, -0.05) is 39.5 Å². The molecule has 72 valence electrons. The first-order valence-corrected chi connectivity index (χ1v) is 4.92. The highest BCUT2D eigenvalue weighted by molar-refractivity contribution is 5.66. The third kappa shape index (κ3) is 6.20. The van der Waals surface area contributed by atoms with Crippen LogP contribution in [0.5, 0.6) is 0 Å². The molecular weight excluding hydrogens is 152 g/mol. The van der Waals surface area contributed by atoms with Crippen LogP contribution in [0.1, 0.15) is 52.4 Å².